The third-order valence-electron chi connectivity index (χ3n) is 5.05. The number of carbonyl (C=O) groups is 1. The van der Waals surface area contributed by atoms with Crippen molar-refractivity contribution in [3.8, 4) is 0 Å². The number of nitrogens with zero attached hydrogens (tertiary/aromatic N) is 2. The molecule has 2 aliphatic heterocycles. The van der Waals surface area contributed by atoms with Crippen molar-refractivity contribution in [1.29, 1.82) is 0 Å². The van der Waals surface area contributed by atoms with E-state index >= 15 is 0 Å². The molecule has 2 saturated heterocycles. The average molecular weight is 334 g/mol. The van der Waals surface area contributed by atoms with Gasteiger partial charge < -0.3 is 9.64 Å². The molecule has 0 atom stereocenters. The number of amides is 1. The lowest BCUT2D eigenvalue weighted by molar-refractivity contribution is -0.192. The van der Waals surface area contributed by atoms with Crippen LogP contribution in [0.5, 0.6) is 0 Å². The molecule has 0 N–H and O–H groups in total. The highest BCUT2D eigenvalue weighted by Crippen LogP contribution is 2.35. The van der Waals surface area contributed by atoms with Crippen molar-refractivity contribution < 1.29 is 9.53 Å². The van der Waals surface area contributed by atoms with E-state index in [-0.39, 0.29) is 11.6 Å². The van der Waals surface area contributed by atoms with E-state index in [0.29, 0.717) is 13.2 Å². The molecule has 0 bridgehead atoms. The molecule has 4 nitrogen and oxygen atoms in total. The van der Waals surface area contributed by atoms with Gasteiger partial charge in [-0.15, -0.1) is 0 Å². The molecule has 0 aliphatic carbocycles. The smallest absolute Gasteiger partial charge is 0.248 e. The van der Waals surface area contributed by atoms with Crippen LogP contribution in [0.1, 0.15) is 11.1 Å². The van der Waals surface area contributed by atoms with Crippen molar-refractivity contribution in [1.82, 2.24) is 9.80 Å². The second-order valence-corrected chi connectivity index (χ2v) is 6.62. The maximum absolute atomic E-state index is 12.8. The molecule has 25 heavy (non-hydrogen) atoms. The summed E-state index contributed by atoms with van der Waals surface area (Å²) < 4.78 is 5.51. The van der Waals surface area contributed by atoms with Gasteiger partial charge in [-0.25, -0.2) is 0 Å². The van der Waals surface area contributed by atoms with Gasteiger partial charge in [-0.2, -0.15) is 0 Å². The van der Waals surface area contributed by atoms with E-state index in [1.54, 1.807) is 6.08 Å². The van der Waals surface area contributed by atoms with Gasteiger partial charge in [-0.1, -0.05) is 60.7 Å². The molecule has 0 saturated carbocycles. The number of benzene rings is 2. The minimum absolute atomic E-state index is 0.0581. The zero-order valence-corrected chi connectivity index (χ0v) is 14.2. The molecule has 1 spiro atoms. The minimum Gasteiger partial charge on any atom is -0.374 e. The Morgan fingerprint density at radius 3 is 2.32 bits per heavy atom. The van der Waals surface area contributed by atoms with Gasteiger partial charge in [0.2, 0.25) is 5.91 Å². The van der Waals surface area contributed by atoms with Crippen LogP contribution in [0, 0.1) is 0 Å². The lowest BCUT2D eigenvalue weighted by Crippen LogP contribution is -2.67. The first-order valence-corrected chi connectivity index (χ1v) is 8.69. The Morgan fingerprint density at radius 2 is 1.68 bits per heavy atom. The highest BCUT2D eigenvalue weighted by molar-refractivity contribution is 5.92. The predicted octanol–water partition coefficient (Wildman–Crippen LogP) is 2.77. The predicted molar refractivity (Wildman–Crippen MR) is 97.6 cm³/mol. The maximum atomic E-state index is 12.8. The topological polar surface area (TPSA) is 32.8 Å². The van der Waals surface area contributed by atoms with E-state index in [9.17, 15) is 4.79 Å². The maximum Gasteiger partial charge on any atom is 0.248 e. The standard InChI is InChI=1S/C21H22N2O2/c24-20(12-11-18-7-3-1-4-8-18)23-14-13-22(21(23)16-25-17-21)15-19-9-5-2-6-10-19/h1-12H,13-17H2/b12-11+. The third-order valence-corrected chi connectivity index (χ3v) is 5.05. The molecule has 2 fully saturated rings. The summed E-state index contributed by atoms with van der Waals surface area (Å²) in [6.07, 6.45) is 3.57. The normalized spacial score (nSPS) is 19.4. The zero-order chi connectivity index (χ0) is 17.1. The molecule has 1 amide bonds. The molecule has 2 aromatic rings. The largest absolute Gasteiger partial charge is 0.374 e. The van der Waals surface area contributed by atoms with E-state index in [1.165, 1.54) is 5.56 Å². The highest BCUT2D eigenvalue weighted by atomic mass is 16.5. The second-order valence-electron chi connectivity index (χ2n) is 6.62. The van der Waals surface area contributed by atoms with Gasteiger partial charge >= 0.3 is 0 Å². The molecule has 0 radical (unpaired) electrons. The van der Waals surface area contributed by atoms with Crippen molar-refractivity contribution in [2.75, 3.05) is 26.3 Å². The van der Waals surface area contributed by atoms with E-state index in [0.717, 1.165) is 25.2 Å². The Morgan fingerprint density at radius 1 is 1.00 bits per heavy atom. The molecule has 128 valence electrons. The third kappa shape index (κ3) is 3.11. The summed E-state index contributed by atoms with van der Waals surface area (Å²) in [6, 6.07) is 20.3. The van der Waals surface area contributed by atoms with Gasteiger partial charge in [-0.3, -0.25) is 9.69 Å². The van der Waals surface area contributed by atoms with Gasteiger partial charge in [-0.05, 0) is 17.2 Å². The fourth-order valence-corrected chi connectivity index (χ4v) is 3.60. The first-order chi connectivity index (χ1) is 12.3. The number of rotatable bonds is 4. The first kappa shape index (κ1) is 16.1. The summed E-state index contributed by atoms with van der Waals surface area (Å²) in [5, 5.41) is 0. The Kier molecular flexibility index (Phi) is 4.38. The van der Waals surface area contributed by atoms with Crippen molar-refractivity contribution in [3.63, 3.8) is 0 Å². The Balaban J connectivity index is 1.49. The van der Waals surface area contributed by atoms with Crippen LogP contribution in [0.25, 0.3) is 6.08 Å². The van der Waals surface area contributed by atoms with Crippen LogP contribution in [0.3, 0.4) is 0 Å². The van der Waals surface area contributed by atoms with E-state index < -0.39 is 0 Å². The van der Waals surface area contributed by atoms with E-state index in [1.807, 2.05) is 47.4 Å². The summed E-state index contributed by atoms with van der Waals surface area (Å²) in [6.45, 7) is 3.64. The number of ether oxygens (including phenoxy) is 1. The number of hydrogen-bond donors (Lipinski definition) is 0. The van der Waals surface area contributed by atoms with Crippen LogP contribution in [0.15, 0.2) is 66.7 Å². The minimum atomic E-state index is -0.284. The van der Waals surface area contributed by atoms with Crippen molar-refractivity contribution in [2.24, 2.45) is 0 Å². The average Bonchev–Trinajstić information content (AvgIpc) is 3.01. The van der Waals surface area contributed by atoms with Crippen LogP contribution >= 0.6 is 0 Å². The highest BCUT2D eigenvalue weighted by Gasteiger charge is 2.54. The molecular weight excluding hydrogens is 312 g/mol. The van der Waals surface area contributed by atoms with Gasteiger partial charge in [0, 0.05) is 25.7 Å². The fourth-order valence-electron chi connectivity index (χ4n) is 3.60. The van der Waals surface area contributed by atoms with E-state index in [2.05, 4.69) is 29.2 Å². The summed E-state index contributed by atoms with van der Waals surface area (Å²) in [5.74, 6) is 0.0581. The van der Waals surface area contributed by atoms with Crippen LogP contribution in [0.4, 0.5) is 0 Å². The summed E-state index contributed by atoms with van der Waals surface area (Å²) in [7, 11) is 0. The molecule has 4 rings (SSSR count). The van der Waals surface area contributed by atoms with Crippen LogP contribution < -0.4 is 0 Å². The Hall–Kier alpha value is -2.43. The van der Waals surface area contributed by atoms with Crippen LogP contribution in [-0.4, -0.2) is 47.7 Å². The lowest BCUT2D eigenvalue weighted by Gasteiger charge is -2.49. The molecule has 2 aliphatic rings. The van der Waals surface area contributed by atoms with Crippen LogP contribution in [0.2, 0.25) is 0 Å². The zero-order valence-electron chi connectivity index (χ0n) is 14.2. The number of carbonyl (C=O) groups excluding carboxylic acids is 1. The lowest BCUT2D eigenvalue weighted by atomic mass is 10.0. The summed E-state index contributed by atoms with van der Waals surface area (Å²) in [5.41, 5.74) is 2.02. The first-order valence-electron chi connectivity index (χ1n) is 8.69. The summed E-state index contributed by atoms with van der Waals surface area (Å²) >= 11 is 0. The van der Waals surface area contributed by atoms with Crippen molar-refractivity contribution in [2.45, 2.75) is 12.2 Å². The monoisotopic (exact) mass is 334 g/mol. The molecular formula is C21H22N2O2. The van der Waals surface area contributed by atoms with Crippen molar-refractivity contribution in [3.05, 3.63) is 77.9 Å². The Labute approximate surface area is 148 Å². The fraction of sp³-hybridized carbons (Fsp3) is 0.286. The molecule has 0 unspecified atom stereocenters. The molecule has 4 heteroatoms. The van der Waals surface area contributed by atoms with Gasteiger partial charge in [0.15, 0.2) is 0 Å². The van der Waals surface area contributed by atoms with Gasteiger partial charge in [0.05, 0.1) is 13.2 Å². The van der Waals surface area contributed by atoms with Crippen LogP contribution in [-0.2, 0) is 16.1 Å². The van der Waals surface area contributed by atoms with Crippen molar-refractivity contribution >= 4 is 12.0 Å². The quantitative estimate of drug-likeness (QED) is 0.806. The SMILES string of the molecule is O=C(/C=C/c1ccccc1)N1CCN(Cc2ccccc2)C12COC2. The second kappa shape index (κ2) is 6.82. The van der Waals surface area contributed by atoms with E-state index in [4.69, 9.17) is 4.74 Å². The molecule has 2 aromatic carbocycles. The molecule has 2 heterocycles. The summed E-state index contributed by atoms with van der Waals surface area (Å²) in [4.78, 5) is 17.1. The van der Waals surface area contributed by atoms with Gasteiger partial charge in [0.25, 0.3) is 0 Å². The Bertz CT molecular complexity index is 754. The number of hydrogen-bond acceptors (Lipinski definition) is 3. The van der Waals surface area contributed by atoms with Gasteiger partial charge in [0.1, 0.15) is 5.66 Å². The molecule has 0 aromatic heterocycles.